The molecule has 0 aliphatic heterocycles. The lowest BCUT2D eigenvalue weighted by atomic mass is 9.83. The van der Waals surface area contributed by atoms with Crippen LogP contribution in [0, 0.1) is 0 Å². The molecular weight excluding hydrogens is 556 g/mol. The van der Waals surface area contributed by atoms with E-state index in [0.29, 0.717) is 44.7 Å². The summed E-state index contributed by atoms with van der Waals surface area (Å²) >= 11 is 6.97. The highest BCUT2D eigenvalue weighted by molar-refractivity contribution is 9.10. The third-order valence-electron chi connectivity index (χ3n) is 5.96. The Morgan fingerprint density at radius 3 is 1.65 bits per heavy atom. The average Bonchev–Trinajstić information content (AvgIpc) is 2.87. The molecule has 0 fully saturated rings. The number of hydrogen-bond acceptors (Lipinski definition) is 4. The van der Waals surface area contributed by atoms with Crippen molar-refractivity contribution < 1.29 is 9.59 Å². The average molecular weight is 570 g/mol. The Bertz CT molecular complexity index is 1640. The maximum Gasteiger partial charge on any atom is 0.196 e. The number of rotatable bonds is 2. The molecule has 4 nitrogen and oxygen atoms in total. The number of ketones is 2. The van der Waals surface area contributed by atoms with E-state index in [9.17, 15) is 9.59 Å². The van der Waals surface area contributed by atoms with E-state index < -0.39 is 0 Å². The quantitative estimate of drug-likeness (QED) is 0.220. The van der Waals surface area contributed by atoms with Crippen molar-refractivity contribution in [2.24, 2.45) is 0 Å². The van der Waals surface area contributed by atoms with Gasteiger partial charge in [-0.3, -0.25) is 9.59 Å². The number of nitrogens with zero attached hydrogens (tertiary/aromatic N) is 2. The van der Waals surface area contributed by atoms with Crippen LogP contribution < -0.4 is 0 Å². The van der Waals surface area contributed by atoms with E-state index in [1.165, 1.54) is 0 Å². The van der Waals surface area contributed by atoms with E-state index in [4.69, 9.17) is 9.97 Å². The molecule has 4 aromatic carbocycles. The fourth-order valence-electron chi connectivity index (χ4n) is 4.32. The van der Waals surface area contributed by atoms with Crippen LogP contribution in [0.3, 0.4) is 0 Å². The first kappa shape index (κ1) is 21.1. The van der Waals surface area contributed by atoms with Gasteiger partial charge in [0.05, 0.1) is 22.5 Å². The Morgan fingerprint density at radius 2 is 1.06 bits per heavy atom. The van der Waals surface area contributed by atoms with Crippen LogP contribution in [-0.4, -0.2) is 21.5 Å². The lowest BCUT2D eigenvalue weighted by Crippen LogP contribution is -2.21. The van der Waals surface area contributed by atoms with Gasteiger partial charge in [-0.1, -0.05) is 80.4 Å². The molecule has 1 aliphatic rings. The van der Waals surface area contributed by atoms with E-state index in [-0.39, 0.29) is 11.6 Å². The standard InChI is InChI=1S/C28H14Br2N2O2/c29-17-9-5-15(6-10-17)24-25(16-7-11-18(30)12-8-16)32-26-22(31-24)14-13-21-23(26)28(34)20-4-2-1-3-19(20)27(21)33/h1-14H. The summed E-state index contributed by atoms with van der Waals surface area (Å²) in [4.78, 5) is 36.6. The van der Waals surface area contributed by atoms with Gasteiger partial charge in [0.25, 0.3) is 0 Å². The molecule has 0 unspecified atom stereocenters. The van der Waals surface area contributed by atoms with Gasteiger partial charge in [0, 0.05) is 36.8 Å². The molecule has 1 heterocycles. The fourth-order valence-corrected chi connectivity index (χ4v) is 4.85. The molecule has 5 aromatic rings. The molecule has 0 N–H and O–H groups in total. The summed E-state index contributed by atoms with van der Waals surface area (Å²) in [6.07, 6.45) is 0. The summed E-state index contributed by atoms with van der Waals surface area (Å²) in [7, 11) is 0. The van der Waals surface area contributed by atoms with Crippen LogP contribution in [0.1, 0.15) is 31.8 Å². The van der Waals surface area contributed by atoms with Crippen LogP contribution >= 0.6 is 31.9 Å². The van der Waals surface area contributed by atoms with Crippen molar-refractivity contribution in [3.05, 3.63) is 116 Å². The molecule has 162 valence electrons. The molecule has 0 amide bonds. The molecule has 1 aliphatic carbocycles. The number of benzene rings is 4. The maximum atomic E-state index is 13.5. The first-order valence-corrected chi connectivity index (χ1v) is 12.1. The van der Waals surface area contributed by atoms with E-state index in [0.717, 1.165) is 20.1 Å². The van der Waals surface area contributed by atoms with Gasteiger partial charge >= 0.3 is 0 Å². The Labute approximate surface area is 212 Å². The highest BCUT2D eigenvalue weighted by Gasteiger charge is 2.32. The van der Waals surface area contributed by atoms with Crippen molar-refractivity contribution in [1.82, 2.24) is 9.97 Å². The Kier molecular flexibility index (Phi) is 5.01. The van der Waals surface area contributed by atoms with Gasteiger partial charge in [-0.15, -0.1) is 0 Å². The Balaban J connectivity index is 1.67. The van der Waals surface area contributed by atoms with Crippen LogP contribution in [0.4, 0.5) is 0 Å². The zero-order valence-electron chi connectivity index (χ0n) is 17.5. The van der Waals surface area contributed by atoms with E-state index in [2.05, 4.69) is 31.9 Å². The highest BCUT2D eigenvalue weighted by atomic mass is 79.9. The third-order valence-corrected chi connectivity index (χ3v) is 7.02. The van der Waals surface area contributed by atoms with Gasteiger partial charge in [0.15, 0.2) is 11.6 Å². The number of fused-ring (bicyclic) bond motifs is 4. The topological polar surface area (TPSA) is 59.9 Å². The van der Waals surface area contributed by atoms with Crippen LogP contribution in [-0.2, 0) is 0 Å². The second-order valence-corrected chi connectivity index (χ2v) is 9.83. The molecule has 0 spiro atoms. The summed E-state index contributed by atoms with van der Waals surface area (Å²) < 4.78 is 1.91. The molecule has 34 heavy (non-hydrogen) atoms. The second kappa shape index (κ2) is 8.08. The molecule has 0 radical (unpaired) electrons. The molecule has 0 bridgehead atoms. The zero-order valence-corrected chi connectivity index (χ0v) is 20.7. The maximum absolute atomic E-state index is 13.5. The van der Waals surface area contributed by atoms with Gasteiger partial charge in [-0.05, 0) is 36.4 Å². The SMILES string of the molecule is O=C1c2ccccc2C(=O)c2c1ccc1nc(-c3ccc(Br)cc3)c(-c3ccc(Br)cc3)nc21. The minimum absolute atomic E-state index is 0.170. The predicted octanol–water partition coefficient (Wildman–Crippen LogP) is 7.26. The summed E-state index contributed by atoms with van der Waals surface area (Å²) in [6, 6.07) is 26.1. The first-order chi connectivity index (χ1) is 16.5. The molecular formula is C28H14Br2N2O2. The van der Waals surface area contributed by atoms with Crippen molar-refractivity contribution in [3.8, 4) is 22.5 Å². The van der Waals surface area contributed by atoms with Crippen molar-refractivity contribution in [2.45, 2.75) is 0 Å². The van der Waals surface area contributed by atoms with Crippen LogP contribution in [0.25, 0.3) is 33.5 Å². The molecule has 0 saturated heterocycles. The highest BCUT2D eigenvalue weighted by Crippen LogP contribution is 2.36. The van der Waals surface area contributed by atoms with Crippen LogP contribution in [0.2, 0.25) is 0 Å². The number of carbonyl (C=O) groups excluding carboxylic acids is 2. The van der Waals surface area contributed by atoms with Gasteiger partial charge in [0.2, 0.25) is 0 Å². The van der Waals surface area contributed by atoms with Gasteiger partial charge in [-0.2, -0.15) is 0 Å². The van der Waals surface area contributed by atoms with Gasteiger partial charge in [-0.25, -0.2) is 9.97 Å². The van der Waals surface area contributed by atoms with Crippen molar-refractivity contribution in [3.63, 3.8) is 0 Å². The molecule has 6 rings (SSSR count). The molecule has 1 aromatic heterocycles. The Hall–Kier alpha value is -3.48. The monoisotopic (exact) mass is 568 g/mol. The van der Waals surface area contributed by atoms with Crippen molar-refractivity contribution in [2.75, 3.05) is 0 Å². The number of carbonyl (C=O) groups is 2. The van der Waals surface area contributed by atoms with Crippen molar-refractivity contribution in [1.29, 1.82) is 0 Å². The summed E-state index contributed by atoms with van der Waals surface area (Å²) in [5.74, 6) is -0.376. The van der Waals surface area contributed by atoms with E-state index in [1.807, 2.05) is 48.5 Å². The minimum atomic E-state index is -0.205. The van der Waals surface area contributed by atoms with Gasteiger partial charge in [0.1, 0.15) is 5.52 Å². The number of aromatic nitrogens is 2. The second-order valence-electron chi connectivity index (χ2n) is 7.99. The smallest absolute Gasteiger partial charge is 0.196 e. The minimum Gasteiger partial charge on any atom is -0.289 e. The molecule has 0 saturated carbocycles. The van der Waals surface area contributed by atoms with E-state index in [1.54, 1.807) is 36.4 Å². The zero-order chi connectivity index (χ0) is 23.4. The third kappa shape index (κ3) is 3.33. The summed E-state index contributed by atoms with van der Waals surface area (Å²) in [5, 5.41) is 0. The predicted molar refractivity (Wildman–Crippen MR) is 139 cm³/mol. The van der Waals surface area contributed by atoms with Crippen LogP contribution in [0.5, 0.6) is 0 Å². The Morgan fingerprint density at radius 1 is 0.529 bits per heavy atom. The van der Waals surface area contributed by atoms with Gasteiger partial charge < -0.3 is 0 Å². The lowest BCUT2D eigenvalue weighted by Gasteiger charge is -2.19. The summed E-state index contributed by atoms with van der Waals surface area (Å²) in [5.41, 5.74) is 5.62. The molecule has 6 heteroatoms. The lowest BCUT2D eigenvalue weighted by molar-refractivity contribution is 0.0980. The summed E-state index contributed by atoms with van der Waals surface area (Å²) in [6.45, 7) is 0. The fraction of sp³-hybridized carbons (Fsp3) is 0. The van der Waals surface area contributed by atoms with Crippen LogP contribution in [0.15, 0.2) is 93.9 Å². The van der Waals surface area contributed by atoms with Crippen molar-refractivity contribution >= 4 is 54.5 Å². The first-order valence-electron chi connectivity index (χ1n) is 10.6. The normalized spacial score (nSPS) is 12.5. The number of hydrogen-bond donors (Lipinski definition) is 0. The molecule has 0 atom stereocenters. The number of halogens is 2. The largest absolute Gasteiger partial charge is 0.289 e. The van der Waals surface area contributed by atoms with E-state index >= 15 is 0 Å².